The Morgan fingerprint density at radius 2 is 2.11 bits per heavy atom. The number of imidazole rings is 1. The summed E-state index contributed by atoms with van der Waals surface area (Å²) in [5.41, 5.74) is 3.76. The molecule has 2 aromatic heterocycles. The molecule has 0 radical (unpaired) electrons. The van der Waals surface area contributed by atoms with Crippen LogP contribution in [0.1, 0.15) is 38.6 Å². The molecule has 0 fully saturated rings. The molecule has 18 heavy (non-hydrogen) atoms. The van der Waals surface area contributed by atoms with Crippen molar-refractivity contribution in [1.82, 2.24) is 14.7 Å². The van der Waals surface area contributed by atoms with Crippen molar-refractivity contribution in [3.05, 3.63) is 35.8 Å². The average Bonchev–Trinajstić information content (AvgIpc) is 2.66. The van der Waals surface area contributed by atoms with E-state index in [4.69, 9.17) is 0 Å². The standard InChI is InChI=1S/C15H23N3/c1-5-15(3,4)11-16-10-13-12(2)17-14-8-6-7-9-18(13)14/h6-9,16H,5,10-11H2,1-4H3. The summed E-state index contributed by atoms with van der Waals surface area (Å²) in [4.78, 5) is 4.57. The van der Waals surface area contributed by atoms with Gasteiger partial charge in [0.2, 0.25) is 0 Å². The maximum atomic E-state index is 4.57. The maximum absolute atomic E-state index is 4.57. The van der Waals surface area contributed by atoms with Crippen LogP contribution in [-0.4, -0.2) is 15.9 Å². The summed E-state index contributed by atoms with van der Waals surface area (Å²) in [5, 5.41) is 3.55. The molecule has 0 bridgehead atoms. The van der Waals surface area contributed by atoms with Gasteiger partial charge in [-0.25, -0.2) is 4.98 Å². The van der Waals surface area contributed by atoms with Gasteiger partial charge in [-0.3, -0.25) is 0 Å². The van der Waals surface area contributed by atoms with E-state index in [0.717, 1.165) is 24.4 Å². The molecule has 2 rings (SSSR count). The van der Waals surface area contributed by atoms with E-state index in [-0.39, 0.29) is 0 Å². The van der Waals surface area contributed by atoms with Gasteiger partial charge in [0.25, 0.3) is 0 Å². The molecule has 3 nitrogen and oxygen atoms in total. The van der Waals surface area contributed by atoms with Crippen molar-refractivity contribution in [2.45, 2.75) is 40.7 Å². The highest BCUT2D eigenvalue weighted by Gasteiger charge is 2.15. The Morgan fingerprint density at radius 1 is 1.33 bits per heavy atom. The highest BCUT2D eigenvalue weighted by molar-refractivity contribution is 5.42. The zero-order valence-corrected chi connectivity index (χ0v) is 11.8. The van der Waals surface area contributed by atoms with Crippen molar-refractivity contribution >= 4 is 5.65 Å². The van der Waals surface area contributed by atoms with Crippen LogP contribution in [0.4, 0.5) is 0 Å². The van der Waals surface area contributed by atoms with Crippen molar-refractivity contribution in [2.75, 3.05) is 6.54 Å². The summed E-state index contributed by atoms with van der Waals surface area (Å²) in [6.07, 6.45) is 3.27. The number of hydrogen-bond acceptors (Lipinski definition) is 2. The van der Waals surface area contributed by atoms with E-state index in [0.29, 0.717) is 5.41 Å². The van der Waals surface area contributed by atoms with Crippen LogP contribution >= 0.6 is 0 Å². The van der Waals surface area contributed by atoms with Gasteiger partial charge in [0.15, 0.2) is 0 Å². The van der Waals surface area contributed by atoms with Crippen molar-refractivity contribution in [1.29, 1.82) is 0 Å². The molecule has 0 aliphatic carbocycles. The molecule has 2 aromatic rings. The van der Waals surface area contributed by atoms with Gasteiger partial charge in [0.05, 0.1) is 11.4 Å². The van der Waals surface area contributed by atoms with Crippen molar-refractivity contribution in [2.24, 2.45) is 5.41 Å². The Balaban J connectivity index is 2.10. The Morgan fingerprint density at radius 3 is 2.83 bits per heavy atom. The molecular weight excluding hydrogens is 222 g/mol. The fourth-order valence-electron chi connectivity index (χ4n) is 2.02. The lowest BCUT2D eigenvalue weighted by Gasteiger charge is -2.23. The molecular formula is C15H23N3. The smallest absolute Gasteiger partial charge is 0.137 e. The summed E-state index contributed by atoms with van der Waals surface area (Å²) in [5.74, 6) is 0. The molecule has 0 unspecified atom stereocenters. The highest BCUT2D eigenvalue weighted by atomic mass is 15.0. The lowest BCUT2D eigenvalue weighted by Crippen LogP contribution is -2.29. The Bertz CT molecular complexity index is 526. The fourth-order valence-corrected chi connectivity index (χ4v) is 2.02. The van der Waals surface area contributed by atoms with Gasteiger partial charge in [-0.1, -0.05) is 26.8 Å². The van der Waals surface area contributed by atoms with Gasteiger partial charge in [-0.2, -0.15) is 0 Å². The maximum Gasteiger partial charge on any atom is 0.137 e. The van der Waals surface area contributed by atoms with E-state index in [9.17, 15) is 0 Å². The van der Waals surface area contributed by atoms with Crippen LogP contribution in [0.3, 0.4) is 0 Å². The monoisotopic (exact) mass is 245 g/mol. The number of rotatable bonds is 5. The number of fused-ring (bicyclic) bond motifs is 1. The van der Waals surface area contributed by atoms with E-state index in [1.807, 2.05) is 18.2 Å². The molecule has 0 aliphatic heterocycles. The van der Waals surface area contributed by atoms with E-state index in [1.165, 1.54) is 12.1 Å². The summed E-state index contributed by atoms with van der Waals surface area (Å²) in [7, 11) is 0. The number of nitrogens with zero attached hydrogens (tertiary/aromatic N) is 2. The zero-order valence-electron chi connectivity index (χ0n) is 11.8. The fraction of sp³-hybridized carbons (Fsp3) is 0.533. The minimum atomic E-state index is 0.356. The number of pyridine rings is 1. The molecule has 98 valence electrons. The first-order valence-corrected chi connectivity index (χ1v) is 6.67. The van der Waals surface area contributed by atoms with Gasteiger partial charge < -0.3 is 9.72 Å². The molecule has 0 saturated carbocycles. The van der Waals surface area contributed by atoms with Gasteiger partial charge in [-0.05, 0) is 30.9 Å². The molecule has 3 heteroatoms. The average molecular weight is 245 g/mol. The Hall–Kier alpha value is -1.35. The quantitative estimate of drug-likeness (QED) is 0.876. The second kappa shape index (κ2) is 5.11. The molecule has 0 atom stereocenters. The predicted octanol–water partition coefficient (Wildman–Crippen LogP) is 3.17. The summed E-state index contributed by atoms with van der Waals surface area (Å²) in [6, 6.07) is 6.12. The number of nitrogens with one attached hydrogen (secondary N) is 1. The molecule has 0 amide bonds. The van der Waals surface area contributed by atoms with Crippen LogP contribution in [0.2, 0.25) is 0 Å². The summed E-state index contributed by atoms with van der Waals surface area (Å²) < 4.78 is 2.17. The Labute approximate surface area is 109 Å². The zero-order chi connectivity index (χ0) is 13.2. The van der Waals surface area contributed by atoms with E-state index < -0.39 is 0 Å². The topological polar surface area (TPSA) is 29.3 Å². The molecule has 0 saturated heterocycles. The number of aromatic nitrogens is 2. The summed E-state index contributed by atoms with van der Waals surface area (Å²) >= 11 is 0. The second-order valence-corrected chi connectivity index (χ2v) is 5.69. The molecule has 2 heterocycles. The predicted molar refractivity (Wildman–Crippen MR) is 75.7 cm³/mol. The van der Waals surface area contributed by atoms with Crippen LogP contribution in [0, 0.1) is 12.3 Å². The highest BCUT2D eigenvalue weighted by Crippen LogP contribution is 2.18. The van der Waals surface area contributed by atoms with E-state index in [2.05, 4.69) is 48.6 Å². The minimum absolute atomic E-state index is 0.356. The van der Waals surface area contributed by atoms with Crippen molar-refractivity contribution in [3.63, 3.8) is 0 Å². The van der Waals surface area contributed by atoms with Crippen LogP contribution < -0.4 is 5.32 Å². The lowest BCUT2D eigenvalue weighted by atomic mass is 9.90. The third-order valence-corrected chi connectivity index (χ3v) is 3.68. The van der Waals surface area contributed by atoms with Gasteiger partial charge in [-0.15, -0.1) is 0 Å². The Kier molecular flexibility index (Phi) is 3.71. The lowest BCUT2D eigenvalue weighted by molar-refractivity contribution is 0.326. The van der Waals surface area contributed by atoms with Gasteiger partial charge in [0, 0.05) is 19.3 Å². The van der Waals surface area contributed by atoms with Crippen LogP contribution in [0.5, 0.6) is 0 Å². The first-order chi connectivity index (χ1) is 8.53. The van der Waals surface area contributed by atoms with Crippen LogP contribution in [0.15, 0.2) is 24.4 Å². The number of hydrogen-bond donors (Lipinski definition) is 1. The molecule has 0 aliphatic rings. The van der Waals surface area contributed by atoms with E-state index >= 15 is 0 Å². The molecule has 0 aromatic carbocycles. The first kappa shape index (κ1) is 13.1. The van der Waals surface area contributed by atoms with Crippen molar-refractivity contribution in [3.8, 4) is 0 Å². The van der Waals surface area contributed by atoms with E-state index in [1.54, 1.807) is 0 Å². The third-order valence-electron chi connectivity index (χ3n) is 3.68. The van der Waals surface area contributed by atoms with Gasteiger partial charge >= 0.3 is 0 Å². The second-order valence-electron chi connectivity index (χ2n) is 5.69. The normalized spacial score (nSPS) is 12.2. The number of aryl methyl sites for hydroxylation is 1. The minimum Gasteiger partial charge on any atom is -0.311 e. The van der Waals surface area contributed by atoms with Crippen LogP contribution in [0.25, 0.3) is 5.65 Å². The first-order valence-electron chi connectivity index (χ1n) is 6.67. The van der Waals surface area contributed by atoms with Gasteiger partial charge in [0.1, 0.15) is 5.65 Å². The summed E-state index contributed by atoms with van der Waals surface area (Å²) in [6.45, 7) is 10.8. The van der Waals surface area contributed by atoms with Crippen molar-refractivity contribution < 1.29 is 0 Å². The van der Waals surface area contributed by atoms with Crippen LogP contribution in [-0.2, 0) is 6.54 Å². The molecule has 1 N–H and O–H groups in total. The third kappa shape index (κ3) is 2.72. The largest absolute Gasteiger partial charge is 0.311 e. The molecule has 0 spiro atoms. The SMILES string of the molecule is CCC(C)(C)CNCc1c(C)nc2ccccn12.